The molecule has 90 valence electrons. The van der Waals surface area contributed by atoms with Gasteiger partial charge in [0.15, 0.2) is 0 Å². The van der Waals surface area contributed by atoms with E-state index in [2.05, 4.69) is 4.98 Å². The molecule has 0 spiro atoms. The van der Waals surface area contributed by atoms with Gasteiger partial charge in [0.05, 0.1) is 13.2 Å². The van der Waals surface area contributed by atoms with Crippen molar-refractivity contribution < 1.29 is 9.47 Å². The van der Waals surface area contributed by atoms with Gasteiger partial charge in [0, 0.05) is 18.9 Å². The normalized spacial score (nSPS) is 10.6. The van der Waals surface area contributed by atoms with Crippen molar-refractivity contribution in [3.05, 3.63) is 32.6 Å². The van der Waals surface area contributed by atoms with Crippen molar-refractivity contribution in [3.63, 3.8) is 0 Å². The third-order valence-electron chi connectivity index (χ3n) is 2.13. The Morgan fingerprint density at radius 2 is 2.12 bits per heavy atom. The van der Waals surface area contributed by atoms with Gasteiger partial charge in [-0.15, -0.1) is 0 Å². The summed E-state index contributed by atoms with van der Waals surface area (Å²) in [6, 6.07) is 0. The molecule has 16 heavy (non-hydrogen) atoms. The Balaban J connectivity index is 2.72. The van der Waals surface area contributed by atoms with Gasteiger partial charge in [-0.25, -0.2) is 4.79 Å². The molecule has 1 N–H and O–H groups in total. The average Bonchev–Trinajstić information content (AvgIpc) is 2.27. The molecule has 0 aliphatic carbocycles. The summed E-state index contributed by atoms with van der Waals surface area (Å²) < 4.78 is 11.3. The Hall–Kier alpha value is -1.40. The number of aryl methyl sites for hydroxylation is 1. The maximum Gasteiger partial charge on any atom is 0.330 e. The second kappa shape index (κ2) is 6.24. The first-order valence-corrected chi connectivity index (χ1v) is 5.08. The van der Waals surface area contributed by atoms with Gasteiger partial charge in [-0.3, -0.25) is 14.3 Å². The zero-order valence-corrected chi connectivity index (χ0v) is 9.49. The molecule has 0 saturated heterocycles. The molecule has 0 unspecified atom stereocenters. The van der Waals surface area contributed by atoms with Crippen LogP contribution >= 0.6 is 0 Å². The summed E-state index contributed by atoms with van der Waals surface area (Å²) in [4.78, 5) is 24.9. The van der Waals surface area contributed by atoms with Crippen LogP contribution in [-0.4, -0.2) is 29.9 Å². The number of nitrogens with zero attached hydrogens (tertiary/aromatic N) is 1. The standard InChI is InChI=1S/C10H16N2O4/c1-3-8-6-12(7-16-5-4-15-2)10(14)11-9(8)13/h6H,3-5,7H2,1-2H3,(H,11,13,14). The molecule has 6 heteroatoms. The molecule has 1 aromatic heterocycles. The van der Waals surface area contributed by atoms with Crippen LogP contribution in [0.25, 0.3) is 0 Å². The topological polar surface area (TPSA) is 73.3 Å². The lowest BCUT2D eigenvalue weighted by Crippen LogP contribution is -2.32. The molecule has 0 radical (unpaired) electrons. The zero-order chi connectivity index (χ0) is 12.0. The van der Waals surface area contributed by atoms with E-state index in [1.54, 1.807) is 7.11 Å². The largest absolute Gasteiger partial charge is 0.382 e. The molecular formula is C10H16N2O4. The van der Waals surface area contributed by atoms with E-state index in [4.69, 9.17) is 9.47 Å². The summed E-state index contributed by atoms with van der Waals surface area (Å²) in [6.45, 7) is 2.85. The number of nitrogens with one attached hydrogen (secondary N) is 1. The van der Waals surface area contributed by atoms with Gasteiger partial charge in [-0.05, 0) is 6.42 Å². The number of hydrogen-bond acceptors (Lipinski definition) is 4. The van der Waals surface area contributed by atoms with E-state index < -0.39 is 5.69 Å². The summed E-state index contributed by atoms with van der Waals surface area (Å²) in [7, 11) is 1.57. The van der Waals surface area contributed by atoms with Crippen molar-refractivity contribution in [3.8, 4) is 0 Å². The van der Waals surface area contributed by atoms with Crippen LogP contribution in [0, 0.1) is 0 Å². The molecule has 0 atom stereocenters. The lowest BCUT2D eigenvalue weighted by Gasteiger charge is -2.07. The predicted octanol–water partition coefficient (Wildman–Crippen LogP) is -0.281. The lowest BCUT2D eigenvalue weighted by atomic mass is 10.3. The molecule has 0 aliphatic rings. The summed E-state index contributed by atoms with van der Waals surface area (Å²) in [5.41, 5.74) is -0.227. The van der Waals surface area contributed by atoms with Gasteiger partial charge in [-0.2, -0.15) is 0 Å². The monoisotopic (exact) mass is 228 g/mol. The fraction of sp³-hybridized carbons (Fsp3) is 0.600. The van der Waals surface area contributed by atoms with Crippen molar-refractivity contribution in [1.82, 2.24) is 9.55 Å². The zero-order valence-electron chi connectivity index (χ0n) is 9.49. The van der Waals surface area contributed by atoms with Gasteiger partial charge >= 0.3 is 5.69 Å². The highest BCUT2D eigenvalue weighted by atomic mass is 16.5. The predicted molar refractivity (Wildman–Crippen MR) is 58.5 cm³/mol. The van der Waals surface area contributed by atoms with Gasteiger partial charge < -0.3 is 9.47 Å². The minimum Gasteiger partial charge on any atom is -0.382 e. The van der Waals surface area contributed by atoms with Crippen molar-refractivity contribution >= 4 is 0 Å². The molecule has 0 aliphatic heterocycles. The van der Waals surface area contributed by atoms with Crippen LogP contribution in [0.1, 0.15) is 12.5 Å². The van der Waals surface area contributed by atoms with Crippen molar-refractivity contribution in [2.75, 3.05) is 20.3 Å². The summed E-state index contributed by atoms with van der Waals surface area (Å²) in [6.07, 6.45) is 2.10. The molecule has 0 amide bonds. The molecule has 0 aromatic carbocycles. The molecule has 0 fully saturated rings. The van der Waals surface area contributed by atoms with E-state index >= 15 is 0 Å². The van der Waals surface area contributed by atoms with E-state index in [9.17, 15) is 9.59 Å². The Kier molecular flexibility index (Phi) is 4.94. The first-order chi connectivity index (χ1) is 7.69. The average molecular weight is 228 g/mol. The maximum absolute atomic E-state index is 11.4. The lowest BCUT2D eigenvalue weighted by molar-refractivity contribution is 0.0319. The van der Waals surface area contributed by atoms with E-state index in [1.807, 2.05) is 6.92 Å². The van der Waals surface area contributed by atoms with Gasteiger partial charge in [0.1, 0.15) is 6.73 Å². The Morgan fingerprint density at radius 1 is 1.38 bits per heavy atom. The van der Waals surface area contributed by atoms with Crippen LogP contribution in [0.4, 0.5) is 0 Å². The van der Waals surface area contributed by atoms with Crippen molar-refractivity contribution in [2.24, 2.45) is 0 Å². The van der Waals surface area contributed by atoms with Crippen LogP contribution in [0.3, 0.4) is 0 Å². The summed E-state index contributed by atoms with van der Waals surface area (Å²) in [5, 5.41) is 0. The maximum atomic E-state index is 11.4. The van der Waals surface area contributed by atoms with E-state index in [0.717, 1.165) is 0 Å². The number of rotatable bonds is 6. The number of aromatic nitrogens is 2. The molecule has 1 rings (SSSR count). The number of aromatic amines is 1. The molecule has 0 saturated carbocycles. The third-order valence-corrected chi connectivity index (χ3v) is 2.13. The van der Waals surface area contributed by atoms with Gasteiger partial charge in [0.25, 0.3) is 5.56 Å². The van der Waals surface area contributed by atoms with Crippen molar-refractivity contribution in [1.29, 1.82) is 0 Å². The highest BCUT2D eigenvalue weighted by Crippen LogP contribution is 1.89. The summed E-state index contributed by atoms with van der Waals surface area (Å²) in [5.74, 6) is 0. The second-order valence-electron chi connectivity index (χ2n) is 3.27. The third kappa shape index (κ3) is 3.32. The highest BCUT2D eigenvalue weighted by Gasteiger charge is 2.02. The highest BCUT2D eigenvalue weighted by molar-refractivity contribution is 5.03. The Bertz CT molecular complexity index is 435. The molecule has 6 nitrogen and oxygen atoms in total. The van der Waals surface area contributed by atoms with Gasteiger partial charge in [0.2, 0.25) is 0 Å². The number of methoxy groups -OCH3 is 1. The van der Waals surface area contributed by atoms with Crippen LogP contribution < -0.4 is 11.2 Å². The van der Waals surface area contributed by atoms with Crippen LogP contribution in [0.5, 0.6) is 0 Å². The Labute approximate surface area is 92.8 Å². The quantitative estimate of drug-likeness (QED) is 0.680. The fourth-order valence-corrected chi connectivity index (χ4v) is 1.21. The van der Waals surface area contributed by atoms with Crippen molar-refractivity contribution in [2.45, 2.75) is 20.1 Å². The first-order valence-electron chi connectivity index (χ1n) is 5.08. The van der Waals surface area contributed by atoms with Crippen LogP contribution in [-0.2, 0) is 22.6 Å². The fourth-order valence-electron chi connectivity index (χ4n) is 1.21. The van der Waals surface area contributed by atoms with E-state index in [1.165, 1.54) is 10.8 Å². The minimum absolute atomic E-state index is 0.117. The molecule has 1 heterocycles. The smallest absolute Gasteiger partial charge is 0.330 e. The summed E-state index contributed by atoms with van der Waals surface area (Å²) >= 11 is 0. The number of H-pyrrole nitrogens is 1. The van der Waals surface area contributed by atoms with Crippen LogP contribution in [0.2, 0.25) is 0 Å². The number of hydrogen-bond donors (Lipinski definition) is 1. The minimum atomic E-state index is -0.459. The number of ether oxygens (including phenoxy) is 2. The van der Waals surface area contributed by atoms with Gasteiger partial charge in [-0.1, -0.05) is 6.92 Å². The van der Waals surface area contributed by atoms with E-state index in [0.29, 0.717) is 25.2 Å². The SMILES string of the molecule is CCc1cn(COCCOC)c(=O)[nH]c1=O. The molecule has 1 aromatic rings. The van der Waals surface area contributed by atoms with E-state index in [-0.39, 0.29) is 12.3 Å². The second-order valence-corrected chi connectivity index (χ2v) is 3.27. The molecular weight excluding hydrogens is 212 g/mol. The molecule has 0 bridgehead atoms. The first kappa shape index (κ1) is 12.7. The van der Waals surface area contributed by atoms with Crippen LogP contribution in [0.15, 0.2) is 15.8 Å². The Morgan fingerprint density at radius 3 is 2.75 bits per heavy atom.